The average Bonchev–Trinajstić information content (AvgIpc) is 2.47. The molecule has 0 atom stereocenters. The Morgan fingerprint density at radius 2 is 2.10 bits per heavy atom. The van der Waals surface area contributed by atoms with Crippen molar-refractivity contribution in [2.75, 3.05) is 11.8 Å². The number of aromatic nitrogens is 1. The molecular weight excluding hydrogens is 314 g/mol. The van der Waals surface area contributed by atoms with Crippen LogP contribution in [0.5, 0.6) is 5.88 Å². The number of ether oxygens (including phenoxy) is 1. The lowest BCUT2D eigenvalue weighted by Gasteiger charge is -2.10. The molecule has 3 N–H and O–H groups in total. The lowest BCUT2D eigenvalue weighted by Crippen LogP contribution is -2.14. The van der Waals surface area contributed by atoms with Crippen LogP contribution in [0.3, 0.4) is 0 Å². The van der Waals surface area contributed by atoms with Crippen LogP contribution in [0.2, 0.25) is 5.02 Å². The van der Waals surface area contributed by atoms with E-state index in [2.05, 4.69) is 9.71 Å². The number of methoxy groups -OCH3 is 1. The number of benzene rings is 1. The first-order chi connectivity index (χ1) is 9.96. The molecule has 1 aromatic heterocycles. The van der Waals surface area contributed by atoms with E-state index in [-0.39, 0.29) is 16.5 Å². The number of nitrogens with two attached hydrogens (primary N) is 1. The normalized spacial score (nSPS) is 11.2. The molecule has 0 aliphatic heterocycles. The van der Waals surface area contributed by atoms with Crippen molar-refractivity contribution in [2.24, 2.45) is 5.73 Å². The number of nitrogens with zero attached hydrogens (tertiary/aromatic N) is 1. The van der Waals surface area contributed by atoms with Crippen molar-refractivity contribution >= 4 is 27.3 Å². The van der Waals surface area contributed by atoms with Gasteiger partial charge in [0, 0.05) is 12.6 Å². The van der Waals surface area contributed by atoms with Crippen LogP contribution < -0.4 is 15.2 Å². The Labute approximate surface area is 128 Å². The molecule has 2 rings (SSSR count). The molecule has 0 amide bonds. The van der Waals surface area contributed by atoms with Gasteiger partial charge in [-0.3, -0.25) is 4.72 Å². The molecule has 0 fully saturated rings. The van der Waals surface area contributed by atoms with Crippen molar-refractivity contribution in [3.63, 3.8) is 0 Å². The average molecular weight is 328 g/mol. The highest BCUT2D eigenvalue weighted by molar-refractivity contribution is 7.92. The predicted molar refractivity (Wildman–Crippen MR) is 80.9 cm³/mol. The smallest absolute Gasteiger partial charge is 0.263 e. The second kappa shape index (κ2) is 6.30. The predicted octanol–water partition coefficient (Wildman–Crippen LogP) is 2.00. The summed E-state index contributed by atoms with van der Waals surface area (Å²) in [6, 6.07) is 7.67. The van der Waals surface area contributed by atoms with Gasteiger partial charge in [0.25, 0.3) is 10.0 Å². The van der Waals surface area contributed by atoms with E-state index in [4.69, 9.17) is 22.1 Å². The highest BCUT2D eigenvalue weighted by atomic mass is 35.5. The Hall–Kier alpha value is -1.83. The van der Waals surface area contributed by atoms with Gasteiger partial charge in [0.2, 0.25) is 5.88 Å². The largest absolute Gasteiger partial charge is 0.481 e. The number of sulfonamides is 1. The van der Waals surface area contributed by atoms with Gasteiger partial charge in [-0.2, -0.15) is 0 Å². The van der Waals surface area contributed by atoms with Gasteiger partial charge in [0.1, 0.15) is 4.90 Å². The minimum Gasteiger partial charge on any atom is -0.481 e. The second-order valence-electron chi connectivity index (χ2n) is 4.16. The quantitative estimate of drug-likeness (QED) is 0.876. The molecular formula is C13H14ClN3O3S. The Morgan fingerprint density at radius 1 is 1.33 bits per heavy atom. The summed E-state index contributed by atoms with van der Waals surface area (Å²) in [5, 5.41) is 0.118. The summed E-state index contributed by atoms with van der Waals surface area (Å²) in [7, 11) is -2.32. The standard InChI is InChI=1S/C13H14ClN3O3S/c1-20-13-5-3-10(8-16-13)17-21(18,19)12-4-2-9(7-15)6-11(12)14/h2-6,8,17H,7,15H2,1H3. The Morgan fingerprint density at radius 3 is 2.62 bits per heavy atom. The van der Waals surface area contributed by atoms with Crippen molar-refractivity contribution in [3.05, 3.63) is 47.1 Å². The highest BCUT2D eigenvalue weighted by Crippen LogP contribution is 2.25. The molecule has 1 heterocycles. The van der Waals surface area contributed by atoms with Gasteiger partial charge in [-0.05, 0) is 23.8 Å². The maximum absolute atomic E-state index is 12.3. The first kappa shape index (κ1) is 15.6. The zero-order valence-electron chi connectivity index (χ0n) is 11.2. The maximum Gasteiger partial charge on any atom is 0.263 e. The Kier molecular flexibility index (Phi) is 4.66. The van der Waals surface area contributed by atoms with Gasteiger partial charge in [-0.1, -0.05) is 17.7 Å². The third-order valence-electron chi connectivity index (χ3n) is 2.72. The summed E-state index contributed by atoms with van der Waals surface area (Å²) in [6.45, 7) is 0.288. The monoisotopic (exact) mass is 327 g/mol. The topological polar surface area (TPSA) is 94.3 Å². The molecule has 1 aromatic carbocycles. The van der Waals surface area contributed by atoms with E-state index in [0.717, 1.165) is 5.56 Å². The van der Waals surface area contributed by atoms with Crippen LogP contribution in [0.1, 0.15) is 5.56 Å². The molecule has 0 aliphatic rings. The molecule has 2 aromatic rings. The molecule has 0 radical (unpaired) electrons. The van der Waals surface area contributed by atoms with E-state index >= 15 is 0 Å². The van der Waals surface area contributed by atoms with Crippen molar-refractivity contribution in [1.82, 2.24) is 4.98 Å². The Balaban J connectivity index is 2.29. The van der Waals surface area contributed by atoms with Gasteiger partial charge in [0.15, 0.2) is 0 Å². The van der Waals surface area contributed by atoms with Crippen LogP contribution in [0.25, 0.3) is 0 Å². The SMILES string of the molecule is COc1ccc(NS(=O)(=O)c2ccc(CN)cc2Cl)cn1. The van der Waals surface area contributed by atoms with E-state index in [9.17, 15) is 8.42 Å². The summed E-state index contributed by atoms with van der Waals surface area (Å²) >= 11 is 6.00. The molecule has 0 saturated carbocycles. The fourth-order valence-electron chi connectivity index (χ4n) is 1.66. The van der Waals surface area contributed by atoms with Crippen LogP contribution >= 0.6 is 11.6 Å². The molecule has 21 heavy (non-hydrogen) atoms. The fraction of sp³-hybridized carbons (Fsp3) is 0.154. The first-order valence-electron chi connectivity index (χ1n) is 5.97. The van der Waals surface area contributed by atoms with Crippen LogP contribution in [0, 0.1) is 0 Å². The lowest BCUT2D eigenvalue weighted by atomic mass is 10.2. The minimum atomic E-state index is -3.79. The van der Waals surface area contributed by atoms with Crippen molar-refractivity contribution in [3.8, 4) is 5.88 Å². The van der Waals surface area contributed by atoms with E-state index in [0.29, 0.717) is 11.6 Å². The van der Waals surface area contributed by atoms with Crippen LogP contribution in [0.15, 0.2) is 41.4 Å². The van der Waals surface area contributed by atoms with Crippen molar-refractivity contribution in [2.45, 2.75) is 11.4 Å². The maximum atomic E-state index is 12.3. The summed E-state index contributed by atoms with van der Waals surface area (Å²) in [5.74, 6) is 0.392. The summed E-state index contributed by atoms with van der Waals surface area (Å²) < 4.78 is 31.9. The number of hydrogen-bond donors (Lipinski definition) is 2. The third kappa shape index (κ3) is 3.63. The van der Waals surface area contributed by atoms with Gasteiger partial charge < -0.3 is 10.5 Å². The number of pyridine rings is 1. The zero-order chi connectivity index (χ0) is 15.5. The van der Waals surface area contributed by atoms with E-state index in [1.165, 1.54) is 25.4 Å². The van der Waals surface area contributed by atoms with Gasteiger partial charge in [0.05, 0.1) is 24.0 Å². The van der Waals surface area contributed by atoms with Gasteiger partial charge in [-0.15, -0.1) is 0 Å². The fourth-order valence-corrected chi connectivity index (χ4v) is 3.27. The van der Waals surface area contributed by atoms with Gasteiger partial charge >= 0.3 is 0 Å². The Bertz CT molecular complexity index is 733. The van der Waals surface area contributed by atoms with E-state index < -0.39 is 10.0 Å². The molecule has 112 valence electrons. The summed E-state index contributed by atoms with van der Waals surface area (Å²) in [6.07, 6.45) is 1.36. The molecule has 0 aliphatic carbocycles. The molecule has 8 heteroatoms. The summed E-state index contributed by atoms with van der Waals surface area (Å²) in [4.78, 5) is 3.91. The number of nitrogens with one attached hydrogen (secondary N) is 1. The molecule has 0 bridgehead atoms. The van der Waals surface area contributed by atoms with E-state index in [1.807, 2.05) is 0 Å². The lowest BCUT2D eigenvalue weighted by molar-refractivity contribution is 0.398. The molecule has 6 nitrogen and oxygen atoms in total. The zero-order valence-corrected chi connectivity index (χ0v) is 12.8. The van der Waals surface area contributed by atoms with Crippen LogP contribution in [-0.2, 0) is 16.6 Å². The number of rotatable bonds is 5. The molecule has 0 spiro atoms. The number of hydrogen-bond acceptors (Lipinski definition) is 5. The number of halogens is 1. The van der Waals surface area contributed by atoms with Crippen LogP contribution in [-0.4, -0.2) is 20.5 Å². The van der Waals surface area contributed by atoms with Crippen molar-refractivity contribution in [1.29, 1.82) is 0 Å². The van der Waals surface area contributed by atoms with Crippen LogP contribution in [0.4, 0.5) is 5.69 Å². The molecule has 0 saturated heterocycles. The summed E-state index contributed by atoms with van der Waals surface area (Å²) in [5.41, 5.74) is 6.55. The highest BCUT2D eigenvalue weighted by Gasteiger charge is 2.18. The van der Waals surface area contributed by atoms with Gasteiger partial charge in [-0.25, -0.2) is 13.4 Å². The second-order valence-corrected chi connectivity index (χ2v) is 6.22. The number of anilines is 1. The van der Waals surface area contributed by atoms with Crippen molar-refractivity contribution < 1.29 is 13.2 Å². The third-order valence-corrected chi connectivity index (χ3v) is 4.58. The first-order valence-corrected chi connectivity index (χ1v) is 7.84. The molecule has 0 unspecified atom stereocenters. The van der Waals surface area contributed by atoms with E-state index in [1.54, 1.807) is 18.2 Å². The minimum absolute atomic E-state index is 0.0165.